The second kappa shape index (κ2) is 9.44. The minimum absolute atomic E-state index is 0.133. The molecule has 2 rings (SSSR count). The monoisotopic (exact) mass is 333 g/mol. The summed E-state index contributed by atoms with van der Waals surface area (Å²) in [4.78, 5) is 19.2. The molecule has 4 nitrogen and oxygen atoms in total. The quantitative estimate of drug-likeness (QED) is 0.738. The van der Waals surface area contributed by atoms with Gasteiger partial charge in [0.2, 0.25) is 5.91 Å². The summed E-state index contributed by atoms with van der Waals surface area (Å²) < 4.78 is 0. The third-order valence-corrected chi connectivity index (χ3v) is 5.09. The van der Waals surface area contributed by atoms with Gasteiger partial charge < -0.3 is 9.80 Å². The molecule has 0 aromatic carbocycles. The number of piperazine rings is 1. The summed E-state index contributed by atoms with van der Waals surface area (Å²) in [6.07, 6.45) is 2.33. The van der Waals surface area contributed by atoms with Crippen molar-refractivity contribution in [3.05, 3.63) is 0 Å². The fourth-order valence-corrected chi connectivity index (χ4v) is 3.56. The van der Waals surface area contributed by atoms with Crippen LogP contribution < -0.4 is 0 Å². The molecule has 0 spiro atoms. The molecule has 0 unspecified atom stereocenters. The Kier molecular flexibility index (Phi) is 7.58. The fraction of sp³-hybridized carbons (Fsp3) is 0.850. The van der Waals surface area contributed by atoms with Gasteiger partial charge in [-0.3, -0.25) is 9.69 Å². The van der Waals surface area contributed by atoms with Crippen molar-refractivity contribution >= 4 is 5.91 Å². The third kappa shape index (κ3) is 6.11. The van der Waals surface area contributed by atoms with Gasteiger partial charge in [0.05, 0.1) is 6.54 Å². The molecule has 0 aromatic heterocycles. The average Bonchev–Trinajstić information content (AvgIpc) is 2.56. The van der Waals surface area contributed by atoms with Crippen LogP contribution in [-0.2, 0) is 4.79 Å². The van der Waals surface area contributed by atoms with Crippen LogP contribution in [0.1, 0.15) is 40.5 Å². The number of piperidine rings is 1. The summed E-state index contributed by atoms with van der Waals surface area (Å²) in [5, 5.41) is 0. The second-order valence-corrected chi connectivity index (χ2v) is 7.98. The largest absolute Gasteiger partial charge is 0.342 e. The first-order valence-corrected chi connectivity index (χ1v) is 9.67. The van der Waals surface area contributed by atoms with Gasteiger partial charge in [-0.2, -0.15) is 0 Å². The van der Waals surface area contributed by atoms with Crippen LogP contribution in [0, 0.1) is 29.6 Å². The summed E-state index contributed by atoms with van der Waals surface area (Å²) in [5.41, 5.74) is 0. The number of hydrogen-bond acceptors (Lipinski definition) is 3. The van der Waals surface area contributed by atoms with E-state index in [4.69, 9.17) is 0 Å². The molecule has 0 bridgehead atoms. The molecule has 136 valence electrons. The molecule has 2 fully saturated rings. The predicted molar refractivity (Wildman–Crippen MR) is 99.6 cm³/mol. The molecule has 4 heteroatoms. The molecule has 24 heavy (non-hydrogen) atoms. The molecule has 0 saturated carbocycles. The van der Waals surface area contributed by atoms with Crippen LogP contribution in [0.2, 0.25) is 0 Å². The van der Waals surface area contributed by atoms with E-state index < -0.39 is 0 Å². The van der Waals surface area contributed by atoms with E-state index in [9.17, 15) is 4.79 Å². The smallest absolute Gasteiger partial charge is 0.225 e. The van der Waals surface area contributed by atoms with E-state index in [1.54, 1.807) is 0 Å². The van der Waals surface area contributed by atoms with Gasteiger partial charge in [0.25, 0.3) is 0 Å². The highest BCUT2D eigenvalue weighted by Crippen LogP contribution is 2.20. The molecule has 0 aromatic rings. The minimum atomic E-state index is 0.133. The van der Waals surface area contributed by atoms with Crippen molar-refractivity contribution in [3.63, 3.8) is 0 Å². The summed E-state index contributed by atoms with van der Waals surface area (Å²) in [5.74, 6) is 8.23. The van der Waals surface area contributed by atoms with Gasteiger partial charge in [-0.25, -0.2) is 0 Å². The maximum Gasteiger partial charge on any atom is 0.225 e. The van der Waals surface area contributed by atoms with Crippen LogP contribution in [0.5, 0.6) is 0 Å². The standard InChI is InChI=1S/C20H35N3O/c1-17(2)6-5-9-21-12-14-22(15-13-21)16-19-7-10-23(11-8-19)20(24)18(3)4/h17-19H,7-16H2,1-4H3. The molecule has 2 aliphatic heterocycles. The van der Waals surface area contributed by atoms with E-state index in [0.29, 0.717) is 11.8 Å². The highest BCUT2D eigenvalue weighted by molar-refractivity contribution is 5.78. The van der Waals surface area contributed by atoms with Crippen LogP contribution in [0.4, 0.5) is 0 Å². The first kappa shape index (κ1) is 19.3. The van der Waals surface area contributed by atoms with E-state index >= 15 is 0 Å². The van der Waals surface area contributed by atoms with Gasteiger partial charge in [-0.05, 0) is 18.8 Å². The van der Waals surface area contributed by atoms with Crippen LogP contribution in [0.25, 0.3) is 0 Å². The normalized spacial score (nSPS) is 21.2. The maximum absolute atomic E-state index is 12.1. The van der Waals surface area contributed by atoms with E-state index in [2.05, 4.69) is 40.4 Å². The van der Waals surface area contributed by atoms with Crippen molar-refractivity contribution in [2.45, 2.75) is 40.5 Å². The van der Waals surface area contributed by atoms with E-state index in [-0.39, 0.29) is 5.92 Å². The van der Waals surface area contributed by atoms with Gasteiger partial charge in [-0.1, -0.05) is 39.5 Å². The molecule has 0 aliphatic carbocycles. The van der Waals surface area contributed by atoms with E-state index in [1.165, 1.54) is 19.4 Å². The van der Waals surface area contributed by atoms with Gasteiger partial charge >= 0.3 is 0 Å². The van der Waals surface area contributed by atoms with Crippen LogP contribution in [-0.4, -0.2) is 73.0 Å². The molecule has 2 heterocycles. The second-order valence-electron chi connectivity index (χ2n) is 7.98. The SMILES string of the molecule is CC(C)C#CCN1CCN(CC2CCN(C(=O)C(C)C)CC2)CC1. The number of likely N-dealkylation sites (tertiary alicyclic amines) is 1. The summed E-state index contributed by atoms with van der Waals surface area (Å²) in [6.45, 7) is 16.9. The Morgan fingerprint density at radius 2 is 1.54 bits per heavy atom. The first-order valence-electron chi connectivity index (χ1n) is 9.67. The van der Waals surface area contributed by atoms with Crippen molar-refractivity contribution in [1.29, 1.82) is 0 Å². The Hall–Kier alpha value is -1.05. The van der Waals surface area contributed by atoms with Gasteiger partial charge in [0.15, 0.2) is 0 Å². The van der Waals surface area contributed by atoms with Gasteiger partial charge in [-0.15, -0.1) is 0 Å². The Morgan fingerprint density at radius 1 is 0.958 bits per heavy atom. The zero-order chi connectivity index (χ0) is 17.5. The van der Waals surface area contributed by atoms with Crippen LogP contribution in [0.15, 0.2) is 0 Å². The first-order chi connectivity index (χ1) is 11.5. The molecule has 0 atom stereocenters. The number of hydrogen-bond donors (Lipinski definition) is 0. The van der Waals surface area contributed by atoms with Crippen molar-refractivity contribution in [1.82, 2.24) is 14.7 Å². The maximum atomic E-state index is 12.1. The van der Waals surface area contributed by atoms with E-state index in [0.717, 1.165) is 51.7 Å². The van der Waals surface area contributed by atoms with E-state index in [1.807, 2.05) is 13.8 Å². The zero-order valence-corrected chi connectivity index (χ0v) is 16.1. The Bertz CT molecular complexity index is 447. The van der Waals surface area contributed by atoms with Crippen molar-refractivity contribution in [3.8, 4) is 11.8 Å². The number of amides is 1. The molecular weight excluding hydrogens is 298 g/mol. The molecule has 0 N–H and O–H groups in total. The summed E-state index contributed by atoms with van der Waals surface area (Å²) >= 11 is 0. The lowest BCUT2D eigenvalue weighted by atomic mass is 9.95. The minimum Gasteiger partial charge on any atom is -0.342 e. The van der Waals surface area contributed by atoms with Crippen LogP contribution in [0.3, 0.4) is 0 Å². The molecule has 2 aliphatic rings. The highest BCUT2D eigenvalue weighted by atomic mass is 16.2. The summed E-state index contributed by atoms with van der Waals surface area (Å²) in [6, 6.07) is 0. The summed E-state index contributed by atoms with van der Waals surface area (Å²) in [7, 11) is 0. The molecule has 0 radical (unpaired) electrons. The number of carbonyl (C=O) groups excluding carboxylic acids is 1. The number of nitrogens with zero attached hydrogens (tertiary/aromatic N) is 3. The number of rotatable bonds is 4. The lowest BCUT2D eigenvalue weighted by Gasteiger charge is -2.38. The third-order valence-electron chi connectivity index (χ3n) is 5.09. The lowest BCUT2D eigenvalue weighted by molar-refractivity contribution is -0.135. The average molecular weight is 334 g/mol. The highest BCUT2D eigenvalue weighted by Gasteiger charge is 2.26. The molecular formula is C20H35N3O. The van der Waals surface area contributed by atoms with Crippen molar-refractivity contribution in [2.24, 2.45) is 17.8 Å². The number of carbonyl (C=O) groups is 1. The Balaban J connectivity index is 1.65. The van der Waals surface area contributed by atoms with Crippen molar-refractivity contribution in [2.75, 3.05) is 52.4 Å². The van der Waals surface area contributed by atoms with Gasteiger partial charge in [0, 0.05) is 57.6 Å². The molecule has 1 amide bonds. The van der Waals surface area contributed by atoms with Crippen LogP contribution >= 0.6 is 0 Å². The van der Waals surface area contributed by atoms with Gasteiger partial charge in [0.1, 0.15) is 0 Å². The predicted octanol–water partition coefficient (Wildman–Crippen LogP) is 2.16. The zero-order valence-electron chi connectivity index (χ0n) is 16.1. The van der Waals surface area contributed by atoms with Crippen molar-refractivity contribution < 1.29 is 4.79 Å². The topological polar surface area (TPSA) is 26.8 Å². The Morgan fingerprint density at radius 3 is 2.08 bits per heavy atom. The molecule has 2 saturated heterocycles. The fourth-order valence-electron chi connectivity index (χ4n) is 3.56. The Labute approximate surface area is 148 Å². The lowest BCUT2D eigenvalue weighted by Crippen LogP contribution is -2.49.